The Bertz CT molecular complexity index is 2050. The summed E-state index contributed by atoms with van der Waals surface area (Å²) in [5.41, 5.74) is 3.14. The standard InChI is InChI=1S/C40H32Cl2N2O7/c1-2-48-36-22-28(13-18-35(36)50-24-27-11-7-4-8-12-27)25-51-37-33(41)20-29(21-34(37)42)19-32-38(45)43-40(47)44(39(32)46)30-14-16-31(17-15-30)49-23-26-9-5-3-6-10-26/h3-22H,2,23-25H2,1H3,(H,43,45,47)/b32-19-. The van der Waals surface area contributed by atoms with E-state index in [4.69, 9.17) is 42.1 Å². The number of carbonyl (C=O) groups is 3. The Morgan fingerprint density at radius 3 is 1.88 bits per heavy atom. The van der Waals surface area contributed by atoms with Crippen LogP contribution < -0.4 is 29.2 Å². The maximum Gasteiger partial charge on any atom is 0.335 e. The molecular formula is C40H32Cl2N2O7. The first kappa shape index (κ1) is 35.1. The lowest BCUT2D eigenvalue weighted by Crippen LogP contribution is -2.54. The highest BCUT2D eigenvalue weighted by Crippen LogP contribution is 2.37. The number of barbiturate groups is 1. The molecule has 6 rings (SSSR count). The lowest BCUT2D eigenvalue weighted by atomic mass is 10.1. The van der Waals surface area contributed by atoms with Crippen molar-refractivity contribution in [3.63, 3.8) is 0 Å². The lowest BCUT2D eigenvalue weighted by Gasteiger charge is -2.26. The van der Waals surface area contributed by atoms with E-state index >= 15 is 0 Å². The fourth-order valence-electron chi connectivity index (χ4n) is 5.21. The molecule has 1 fully saturated rings. The number of hydrogen-bond donors (Lipinski definition) is 1. The zero-order valence-corrected chi connectivity index (χ0v) is 28.9. The number of urea groups is 1. The summed E-state index contributed by atoms with van der Waals surface area (Å²) in [6.45, 7) is 3.20. The van der Waals surface area contributed by atoms with Gasteiger partial charge in [-0.15, -0.1) is 0 Å². The van der Waals surface area contributed by atoms with Crippen LogP contribution in [0, 0.1) is 0 Å². The highest BCUT2D eigenvalue weighted by Gasteiger charge is 2.37. The minimum absolute atomic E-state index is 0.118. The Hall–Kier alpha value is -5.77. The molecule has 0 aromatic heterocycles. The first-order valence-corrected chi connectivity index (χ1v) is 16.8. The van der Waals surface area contributed by atoms with Crippen molar-refractivity contribution in [1.82, 2.24) is 5.32 Å². The highest BCUT2D eigenvalue weighted by atomic mass is 35.5. The normalized spacial score (nSPS) is 13.6. The van der Waals surface area contributed by atoms with Crippen molar-refractivity contribution in [3.8, 4) is 23.0 Å². The number of hydrogen-bond acceptors (Lipinski definition) is 7. The molecule has 0 aliphatic carbocycles. The van der Waals surface area contributed by atoms with E-state index in [-0.39, 0.29) is 33.7 Å². The summed E-state index contributed by atoms with van der Waals surface area (Å²) in [6.07, 6.45) is 1.32. The number of halogens is 2. The quantitative estimate of drug-likeness (QED) is 0.0957. The summed E-state index contributed by atoms with van der Waals surface area (Å²) in [4.78, 5) is 39.9. The van der Waals surface area contributed by atoms with Gasteiger partial charge in [-0.25, -0.2) is 9.69 Å². The van der Waals surface area contributed by atoms with Crippen molar-refractivity contribution in [3.05, 3.63) is 153 Å². The van der Waals surface area contributed by atoms with E-state index in [1.807, 2.05) is 85.8 Å². The summed E-state index contributed by atoms with van der Waals surface area (Å²) in [5, 5.41) is 2.54. The number of anilines is 1. The van der Waals surface area contributed by atoms with Gasteiger partial charge in [0.25, 0.3) is 11.8 Å². The lowest BCUT2D eigenvalue weighted by molar-refractivity contribution is -0.122. The molecule has 0 bridgehead atoms. The number of carbonyl (C=O) groups excluding carboxylic acids is 3. The van der Waals surface area contributed by atoms with Crippen molar-refractivity contribution in [2.24, 2.45) is 0 Å². The zero-order valence-electron chi connectivity index (χ0n) is 27.4. The Kier molecular flexibility index (Phi) is 11.2. The van der Waals surface area contributed by atoms with Crippen molar-refractivity contribution >= 4 is 52.8 Å². The van der Waals surface area contributed by atoms with Crippen LogP contribution in [0.4, 0.5) is 10.5 Å². The van der Waals surface area contributed by atoms with E-state index in [1.54, 1.807) is 24.3 Å². The van der Waals surface area contributed by atoms with Crippen LogP contribution in [0.1, 0.15) is 29.2 Å². The summed E-state index contributed by atoms with van der Waals surface area (Å²) in [5.74, 6) is 0.279. The molecular weight excluding hydrogens is 691 g/mol. The molecule has 0 spiro atoms. The van der Waals surface area contributed by atoms with E-state index in [0.717, 1.165) is 21.6 Å². The molecule has 1 aliphatic heterocycles. The third kappa shape index (κ3) is 8.70. The van der Waals surface area contributed by atoms with Crippen LogP contribution >= 0.6 is 23.2 Å². The maximum absolute atomic E-state index is 13.5. The first-order valence-electron chi connectivity index (χ1n) is 16.0. The van der Waals surface area contributed by atoms with E-state index in [1.165, 1.54) is 18.2 Å². The number of nitrogens with one attached hydrogen (secondary N) is 1. The van der Waals surface area contributed by atoms with E-state index < -0.39 is 17.8 Å². The van der Waals surface area contributed by atoms with Gasteiger partial charge < -0.3 is 18.9 Å². The molecule has 9 nitrogen and oxygen atoms in total. The summed E-state index contributed by atoms with van der Waals surface area (Å²) < 4.78 is 23.6. The van der Waals surface area contributed by atoms with Gasteiger partial charge in [-0.2, -0.15) is 0 Å². The first-order chi connectivity index (χ1) is 24.8. The molecule has 1 saturated heterocycles. The van der Waals surface area contributed by atoms with Crippen LogP contribution in [0.15, 0.2) is 121 Å². The second-order valence-corrected chi connectivity index (χ2v) is 12.1. The molecule has 0 saturated carbocycles. The fraction of sp³-hybridized carbons (Fsp3) is 0.125. The van der Waals surface area contributed by atoms with Gasteiger partial charge in [0.1, 0.15) is 31.1 Å². The van der Waals surface area contributed by atoms with Crippen molar-refractivity contribution in [2.45, 2.75) is 26.7 Å². The number of nitrogens with zero attached hydrogens (tertiary/aromatic N) is 1. The third-order valence-electron chi connectivity index (χ3n) is 7.70. The van der Waals surface area contributed by atoms with Gasteiger partial charge in [-0.3, -0.25) is 14.9 Å². The van der Waals surface area contributed by atoms with Gasteiger partial charge >= 0.3 is 6.03 Å². The van der Waals surface area contributed by atoms with Gasteiger partial charge in [0.15, 0.2) is 17.2 Å². The van der Waals surface area contributed by atoms with Crippen molar-refractivity contribution in [1.29, 1.82) is 0 Å². The Morgan fingerprint density at radius 1 is 0.647 bits per heavy atom. The predicted octanol–water partition coefficient (Wildman–Crippen LogP) is 8.80. The minimum Gasteiger partial charge on any atom is -0.490 e. The SMILES string of the molecule is CCOc1cc(COc2c(Cl)cc(/C=C3/C(=O)NC(=O)N(c4ccc(OCc5ccccc5)cc4)C3=O)cc2Cl)ccc1OCc1ccccc1. The van der Waals surface area contributed by atoms with E-state index in [9.17, 15) is 14.4 Å². The molecule has 0 atom stereocenters. The van der Waals surface area contributed by atoms with Crippen molar-refractivity contribution in [2.75, 3.05) is 11.5 Å². The summed E-state index contributed by atoms with van der Waals surface area (Å²) in [6, 6.07) is 33.6. The second-order valence-electron chi connectivity index (χ2n) is 11.3. The third-order valence-corrected chi connectivity index (χ3v) is 8.27. The number of amides is 4. The summed E-state index contributed by atoms with van der Waals surface area (Å²) >= 11 is 13.2. The van der Waals surface area contributed by atoms with E-state index in [2.05, 4.69) is 5.32 Å². The molecule has 0 unspecified atom stereocenters. The van der Waals surface area contributed by atoms with Crippen LogP contribution in [0.25, 0.3) is 6.08 Å². The molecule has 11 heteroatoms. The van der Waals surface area contributed by atoms with Gasteiger partial charge in [-0.05, 0) is 83.8 Å². The number of benzene rings is 5. The number of ether oxygens (including phenoxy) is 4. The molecule has 4 amide bonds. The molecule has 258 valence electrons. The minimum atomic E-state index is -0.872. The topological polar surface area (TPSA) is 103 Å². The Balaban J connectivity index is 1.13. The molecule has 5 aromatic rings. The van der Waals surface area contributed by atoms with E-state index in [0.29, 0.717) is 42.6 Å². The average molecular weight is 724 g/mol. The largest absolute Gasteiger partial charge is 0.490 e. The number of rotatable bonds is 13. The van der Waals surface area contributed by atoms with Gasteiger partial charge in [-0.1, -0.05) is 89.9 Å². The molecule has 1 N–H and O–H groups in total. The van der Waals surface area contributed by atoms with Crippen LogP contribution in [0.2, 0.25) is 10.0 Å². The van der Waals surface area contributed by atoms with Crippen LogP contribution in [0.5, 0.6) is 23.0 Å². The highest BCUT2D eigenvalue weighted by molar-refractivity contribution is 6.40. The molecule has 5 aromatic carbocycles. The predicted molar refractivity (Wildman–Crippen MR) is 195 cm³/mol. The van der Waals surface area contributed by atoms with Crippen LogP contribution in [0.3, 0.4) is 0 Å². The Labute approximate surface area is 304 Å². The van der Waals surface area contributed by atoms with Crippen LogP contribution in [-0.4, -0.2) is 24.5 Å². The second kappa shape index (κ2) is 16.3. The molecule has 1 aliphatic rings. The van der Waals surface area contributed by atoms with Gasteiger partial charge in [0.2, 0.25) is 0 Å². The van der Waals surface area contributed by atoms with Crippen molar-refractivity contribution < 1.29 is 33.3 Å². The maximum atomic E-state index is 13.5. The molecule has 51 heavy (non-hydrogen) atoms. The molecule has 0 radical (unpaired) electrons. The van der Waals surface area contributed by atoms with Crippen LogP contribution in [-0.2, 0) is 29.4 Å². The Morgan fingerprint density at radius 2 is 1.25 bits per heavy atom. The van der Waals surface area contributed by atoms with Gasteiger partial charge in [0.05, 0.1) is 22.3 Å². The fourth-order valence-corrected chi connectivity index (χ4v) is 5.83. The summed E-state index contributed by atoms with van der Waals surface area (Å²) in [7, 11) is 0. The van der Waals surface area contributed by atoms with Gasteiger partial charge in [0, 0.05) is 0 Å². The smallest absolute Gasteiger partial charge is 0.335 e. The zero-order chi connectivity index (χ0) is 35.7. The molecule has 1 heterocycles. The average Bonchev–Trinajstić information content (AvgIpc) is 3.13. The monoisotopic (exact) mass is 722 g/mol. The number of imide groups is 2.